The second-order valence-corrected chi connectivity index (χ2v) is 9.15. The largest absolute Gasteiger partial charge is 0.486 e. The van der Waals surface area contributed by atoms with Crippen LogP contribution in [0.15, 0.2) is 69.6 Å². The van der Waals surface area contributed by atoms with Crippen LogP contribution >= 0.6 is 27.7 Å². The van der Waals surface area contributed by atoms with Gasteiger partial charge in [0.15, 0.2) is 5.76 Å². The predicted octanol–water partition coefficient (Wildman–Crippen LogP) is 5.42. The van der Waals surface area contributed by atoms with E-state index in [1.807, 2.05) is 54.2 Å². The molecular formula is C23H23BrN2O3S. The van der Waals surface area contributed by atoms with Crippen LogP contribution in [0.25, 0.3) is 0 Å². The number of rotatable bonds is 7. The molecule has 3 aromatic rings. The van der Waals surface area contributed by atoms with Crippen LogP contribution in [0, 0.1) is 0 Å². The molecule has 0 spiro atoms. The van der Waals surface area contributed by atoms with Crippen LogP contribution in [-0.2, 0) is 13.2 Å². The number of hydrogen-bond donors (Lipinski definition) is 1. The van der Waals surface area contributed by atoms with Crippen LogP contribution in [0.1, 0.15) is 21.9 Å². The molecule has 1 amide bonds. The zero-order valence-corrected chi connectivity index (χ0v) is 18.9. The Balaban J connectivity index is 1.37. The highest BCUT2D eigenvalue weighted by molar-refractivity contribution is 9.10. The lowest BCUT2D eigenvalue weighted by Crippen LogP contribution is -2.32. The number of anilines is 1. The average molecular weight is 487 g/mol. The Kier molecular flexibility index (Phi) is 7.15. The van der Waals surface area contributed by atoms with Gasteiger partial charge >= 0.3 is 0 Å². The first-order valence-corrected chi connectivity index (χ1v) is 11.8. The minimum atomic E-state index is -0.259. The molecule has 0 radical (unpaired) electrons. The number of ether oxygens (including phenoxy) is 1. The molecular weight excluding hydrogens is 464 g/mol. The molecule has 0 atom stereocenters. The number of halogens is 1. The first kappa shape index (κ1) is 21.0. The van der Waals surface area contributed by atoms with E-state index >= 15 is 0 Å². The van der Waals surface area contributed by atoms with E-state index < -0.39 is 0 Å². The standard InChI is InChI=1S/C23H23BrN2O3S/c24-18-5-3-6-19(14-18)28-16-20-8-9-22(29-20)23(27)25-21-7-2-1-4-17(21)15-26-10-12-30-13-11-26/h1-9,14H,10-13,15-16H2,(H,25,27). The lowest BCUT2D eigenvalue weighted by Gasteiger charge is -2.27. The quantitative estimate of drug-likeness (QED) is 0.482. The van der Waals surface area contributed by atoms with Crippen molar-refractivity contribution in [3.63, 3.8) is 0 Å². The number of carbonyl (C=O) groups excluding carboxylic acids is 1. The second kappa shape index (κ2) is 10.2. The normalized spacial score (nSPS) is 14.4. The fourth-order valence-electron chi connectivity index (χ4n) is 3.25. The SMILES string of the molecule is O=C(Nc1ccccc1CN1CCSCC1)c1ccc(COc2cccc(Br)c2)o1. The van der Waals surface area contributed by atoms with Crippen molar-refractivity contribution in [3.8, 4) is 5.75 Å². The summed E-state index contributed by atoms with van der Waals surface area (Å²) in [5.41, 5.74) is 1.94. The molecule has 1 aromatic heterocycles. The third kappa shape index (κ3) is 5.68. The van der Waals surface area contributed by atoms with Gasteiger partial charge in [-0.25, -0.2) is 0 Å². The maximum absolute atomic E-state index is 12.7. The zero-order chi connectivity index (χ0) is 20.8. The topological polar surface area (TPSA) is 54.7 Å². The Morgan fingerprint density at radius 3 is 2.77 bits per heavy atom. The Labute approximate surface area is 188 Å². The van der Waals surface area contributed by atoms with E-state index in [0.717, 1.165) is 52.6 Å². The van der Waals surface area contributed by atoms with Crippen molar-refractivity contribution in [2.75, 3.05) is 29.9 Å². The zero-order valence-electron chi connectivity index (χ0n) is 16.5. The van der Waals surface area contributed by atoms with E-state index in [9.17, 15) is 4.79 Å². The lowest BCUT2D eigenvalue weighted by molar-refractivity contribution is 0.0992. The number of carbonyl (C=O) groups is 1. The molecule has 0 saturated carbocycles. The van der Waals surface area contributed by atoms with Gasteiger partial charge in [0.05, 0.1) is 0 Å². The highest BCUT2D eigenvalue weighted by Gasteiger charge is 2.16. The monoisotopic (exact) mass is 486 g/mol. The summed E-state index contributed by atoms with van der Waals surface area (Å²) in [6.45, 7) is 3.24. The summed E-state index contributed by atoms with van der Waals surface area (Å²) < 4.78 is 12.4. The average Bonchev–Trinajstić information content (AvgIpc) is 3.24. The lowest BCUT2D eigenvalue weighted by atomic mass is 10.1. The molecule has 0 aliphatic carbocycles. The third-order valence-corrected chi connectivity index (χ3v) is 6.26. The molecule has 1 saturated heterocycles. The molecule has 1 aliphatic heterocycles. The fraction of sp³-hybridized carbons (Fsp3) is 0.261. The van der Waals surface area contributed by atoms with Gasteiger partial charge in [-0.15, -0.1) is 0 Å². The Hall–Kier alpha value is -2.22. The summed E-state index contributed by atoms with van der Waals surface area (Å²) in [4.78, 5) is 15.1. The summed E-state index contributed by atoms with van der Waals surface area (Å²) in [6, 6.07) is 19.0. The van der Waals surface area contributed by atoms with Crippen molar-refractivity contribution in [1.29, 1.82) is 0 Å². The van der Waals surface area contributed by atoms with E-state index in [0.29, 0.717) is 5.76 Å². The molecule has 4 rings (SSSR count). The van der Waals surface area contributed by atoms with Crippen molar-refractivity contribution >= 4 is 39.3 Å². The van der Waals surface area contributed by atoms with Crippen LogP contribution in [0.4, 0.5) is 5.69 Å². The van der Waals surface area contributed by atoms with Gasteiger partial charge in [-0.1, -0.05) is 40.2 Å². The summed E-state index contributed by atoms with van der Waals surface area (Å²) in [5.74, 6) is 3.66. The molecule has 30 heavy (non-hydrogen) atoms. The number of thioether (sulfide) groups is 1. The molecule has 0 bridgehead atoms. The van der Waals surface area contributed by atoms with E-state index in [1.165, 1.54) is 0 Å². The Bertz CT molecular complexity index is 1000. The molecule has 7 heteroatoms. The van der Waals surface area contributed by atoms with Gasteiger partial charge in [0.25, 0.3) is 5.91 Å². The van der Waals surface area contributed by atoms with Crippen LogP contribution in [0.3, 0.4) is 0 Å². The number of nitrogens with one attached hydrogen (secondary N) is 1. The molecule has 2 heterocycles. The summed E-state index contributed by atoms with van der Waals surface area (Å²) >= 11 is 5.41. The molecule has 1 aliphatic rings. The molecule has 0 unspecified atom stereocenters. The van der Waals surface area contributed by atoms with Gasteiger partial charge < -0.3 is 14.5 Å². The first-order chi connectivity index (χ1) is 14.7. The smallest absolute Gasteiger partial charge is 0.291 e. The molecule has 1 N–H and O–H groups in total. The number of nitrogens with zero attached hydrogens (tertiary/aromatic N) is 1. The molecule has 156 valence electrons. The Morgan fingerprint density at radius 2 is 1.93 bits per heavy atom. The van der Waals surface area contributed by atoms with Crippen LogP contribution in [0.2, 0.25) is 0 Å². The first-order valence-electron chi connectivity index (χ1n) is 9.84. The van der Waals surface area contributed by atoms with Crippen LogP contribution < -0.4 is 10.1 Å². The minimum absolute atomic E-state index is 0.257. The van der Waals surface area contributed by atoms with Gasteiger partial charge in [0.1, 0.15) is 18.1 Å². The number of para-hydroxylation sites is 1. The van der Waals surface area contributed by atoms with Crippen LogP contribution in [0.5, 0.6) is 5.75 Å². The van der Waals surface area contributed by atoms with Crippen molar-refractivity contribution in [2.45, 2.75) is 13.2 Å². The van der Waals surface area contributed by atoms with Gasteiger partial charge in [-0.3, -0.25) is 9.69 Å². The maximum atomic E-state index is 12.7. The van der Waals surface area contributed by atoms with Gasteiger partial charge in [0.2, 0.25) is 0 Å². The number of amides is 1. The fourth-order valence-corrected chi connectivity index (χ4v) is 4.61. The van der Waals surface area contributed by atoms with Crippen molar-refractivity contribution in [1.82, 2.24) is 4.90 Å². The molecule has 1 fully saturated rings. The minimum Gasteiger partial charge on any atom is -0.486 e. The van der Waals surface area contributed by atoms with Gasteiger partial charge in [0, 0.05) is 41.3 Å². The number of hydrogen-bond acceptors (Lipinski definition) is 5. The highest BCUT2D eigenvalue weighted by Crippen LogP contribution is 2.22. The van der Waals surface area contributed by atoms with Crippen LogP contribution in [-0.4, -0.2) is 35.4 Å². The molecule has 2 aromatic carbocycles. The van der Waals surface area contributed by atoms with Crippen molar-refractivity contribution in [3.05, 3.63) is 82.2 Å². The predicted molar refractivity (Wildman–Crippen MR) is 124 cm³/mol. The number of furan rings is 1. The third-order valence-electron chi connectivity index (χ3n) is 4.83. The highest BCUT2D eigenvalue weighted by atomic mass is 79.9. The summed E-state index contributed by atoms with van der Waals surface area (Å²) in [7, 11) is 0. The second-order valence-electron chi connectivity index (χ2n) is 7.01. The van der Waals surface area contributed by atoms with Crippen molar-refractivity contribution in [2.24, 2.45) is 0 Å². The molecule has 5 nitrogen and oxygen atoms in total. The summed E-state index contributed by atoms with van der Waals surface area (Å²) in [5, 5.41) is 3.00. The number of benzene rings is 2. The maximum Gasteiger partial charge on any atom is 0.291 e. The van der Waals surface area contributed by atoms with E-state index in [-0.39, 0.29) is 18.3 Å². The Morgan fingerprint density at radius 1 is 1.10 bits per heavy atom. The van der Waals surface area contributed by atoms with E-state index in [1.54, 1.807) is 12.1 Å². The van der Waals surface area contributed by atoms with Gasteiger partial charge in [-0.05, 0) is 42.0 Å². The van der Waals surface area contributed by atoms with E-state index in [4.69, 9.17) is 9.15 Å². The summed E-state index contributed by atoms with van der Waals surface area (Å²) in [6.07, 6.45) is 0. The van der Waals surface area contributed by atoms with E-state index in [2.05, 4.69) is 32.2 Å². The van der Waals surface area contributed by atoms with Gasteiger partial charge in [-0.2, -0.15) is 11.8 Å². The van der Waals surface area contributed by atoms with Crippen molar-refractivity contribution < 1.29 is 13.9 Å².